The number of nitrogens with one attached hydrogen (secondary N) is 1. The molecule has 1 aliphatic rings. The Bertz CT molecular complexity index is 489. The summed E-state index contributed by atoms with van der Waals surface area (Å²) in [6.07, 6.45) is 3.70. The monoisotopic (exact) mass is 251 g/mol. The van der Waals surface area contributed by atoms with Crippen LogP contribution in [0, 0.1) is 6.92 Å². The predicted octanol–water partition coefficient (Wildman–Crippen LogP) is 3.40. The summed E-state index contributed by atoms with van der Waals surface area (Å²) in [5, 5.41) is 15.8. The lowest BCUT2D eigenvalue weighted by molar-refractivity contribution is 0.608. The van der Waals surface area contributed by atoms with E-state index < -0.39 is 0 Å². The second kappa shape index (κ2) is 4.14. The first-order valence-electron chi connectivity index (χ1n) is 5.46. The normalized spacial score (nSPS) is 19.4. The number of anilines is 1. The average molecular weight is 251 g/mol. The lowest BCUT2D eigenvalue weighted by Gasteiger charge is -2.22. The van der Waals surface area contributed by atoms with Crippen LogP contribution in [0.25, 0.3) is 0 Å². The summed E-state index contributed by atoms with van der Waals surface area (Å²) in [7, 11) is 0. The van der Waals surface area contributed by atoms with Gasteiger partial charge in [0, 0.05) is 4.88 Å². The Kier molecular flexibility index (Phi) is 2.65. The van der Waals surface area contributed by atoms with Crippen LogP contribution in [-0.2, 0) is 6.42 Å². The molecule has 2 aromatic rings. The fourth-order valence-electron chi connectivity index (χ4n) is 2.14. The highest BCUT2D eigenvalue weighted by atomic mass is 32.1. The lowest BCUT2D eigenvalue weighted by atomic mass is 9.94. The van der Waals surface area contributed by atoms with E-state index in [0.29, 0.717) is 6.04 Å². The summed E-state index contributed by atoms with van der Waals surface area (Å²) in [5.74, 6) is 0. The molecular formula is C11H13N3S2. The SMILES string of the molecule is Cc1nnc(NC2CCCc3sccc32)s1. The topological polar surface area (TPSA) is 37.8 Å². The fraction of sp³-hybridized carbons (Fsp3) is 0.455. The van der Waals surface area contributed by atoms with Crippen molar-refractivity contribution in [1.82, 2.24) is 10.2 Å². The Balaban J connectivity index is 1.82. The molecule has 0 amide bonds. The molecule has 3 rings (SSSR count). The van der Waals surface area contributed by atoms with Crippen LogP contribution in [0.4, 0.5) is 5.13 Å². The second-order valence-electron chi connectivity index (χ2n) is 4.01. The van der Waals surface area contributed by atoms with Crippen LogP contribution in [0.5, 0.6) is 0 Å². The first-order valence-corrected chi connectivity index (χ1v) is 7.15. The molecule has 0 bridgehead atoms. The third-order valence-electron chi connectivity index (χ3n) is 2.88. The summed E-state index contributed by atoms with van der Waals surface area (Å²) in [6, 6.07) is 2.67. The minimum Gasteiger partial charge on any atom is -0.353 e. The van der Waals surface area contributed by atoms with Gasteiger partial charge in [-0.05, 0) is 43.2 Å². The van der Waals surface area contributed by atoms with E-state index >= 15 is 0 Å². The molecule has 2 aromatic heterocycles. The zero-order valence-corrected chi connectivity index (χ0v) is 10.7. The molecule has 0 aromatic carbocycles. The maximum Gasteiger partial charge on any atom is 0.206 e. The smallest absolute Gasteiger partial charge is 0.206 e. The summed E-state index contributed by atoms with van der Waals surface area (Å²) in [4.78, 5) is 1.53. The molecule has 0 saturated heterocycles. The number of hydrogen-bond acceptors (Lipinski definition) is 5. The lowest BCUT2D eigenvalue weighted by Crippen LogP contribution is -2.15. The molecule has 84 valence electrons. The van der Waals surface area contributed by atoms with Gasteiger partial charge >= 0.3 is 0 Å². The molecule has 1 N–H and O–H groups in total. The summed E-state index contributed by atoms with van der Waals surface area (Å²) >= 11 is 3.50. The summed E-state index contributed by atoms with van der Waals surface area (Å²) in [6.45, 7) is 1.99. The van der Waals surface area contributed by atoms with Crippen molar-refractivity contribution in [2.24, 2.45) is 0 Å². The Morgan fingerprint density at radius 1 is 1.44 bits per heavy atom. The van der Waals surface area contributed by atoms with Crippen molar-refractivity contribution in [3.63, 3.8) is 0 Å². The third kappa shape index (κ3) is 1.85. The zero-order valence-electron chi connectivity index (χ0n) is 9.06. The number of fused-ring (bicyclic) bond motifs is 1. The number of aryl methyl sites for hydroxylation is 2. The first-order chi connectivity index (χ1) is 7.83. The summed E-state index contributed by atoms with van der Waals surface area (Å²) < 4.78 is 0. The van der Waals surface area contributed by atoms with E-state index in [4.69, 9.17) is 0 Å². The van der Waals surface area contributed by atoms with Crippen molar-refractivity contribution in [3.05, 3.63) is 26.9 Å². The van der Waals surface area contributed by atoms with Crippen molar-refractivity contribution in [2.45, 2.75) is 32.2 Å². The maximum absolute atomic E-state index is 4.13. The van der Waals surface area contributed by atoms with Crippen molar-refractivity contribution in [2.75, 3.05) is 5.32 Å². The number of rotatable bonds is 2. The van der Waals surface area contributed by atoms with Crippen LogP contribution in [0.2, 0.25) is 0 Å². The molecule has 1 unspecified atom stereocenters. The van der Waals surface area contributed by atoms with E-state index in [2.05, 4.69) is 27.0 Å². The van der Waals surface area contributed by atoms with Gasteiger partial charge in [0.2, 0.25) is 5.13 Å². The molecule has 1 atom stereocenters. The standard InChI is InChI=1S/C11H13N3S2/c1-7-13-14-11(16-7)12-9-3-2-4-10-8(9)5-6-15-10/h5-6,9H,2-4H2,1H3,(H,12,14). The van der Waals surface area contributed by atoms with Crippen molar-refractivity contribution < 1.29 is 0 Å². The van der Waals surface area contributed by atoms with E-state index in [0.717, 1.165) is 10.1 Å². The number of aromatic nitrogens is 2. The van der Waals surface area contributed by atoms with E-state index in [1.54, 1.807) is 11.3 Å². The van der Waals surface area contributed by atoms with E-state index in [1.807, 2.05) is 18.3 Å². The van der Waals surface area contributed by atoms with Gasteiger partial charge in [0.15, 0.2) is 0 Å². The van der Waals surface area contributed by atoms with Gasteiger partial charge in [-0.25, -0.2) is 0 Å². The van der Waals surface area contributed by atoms with E-state index in [-0.39, 0.29) is 0 Å². The second-order valence-corrected chi connectivity index (χ2v) is 6.20. The Morgan fingerprint density at radius 2 is 2.38 bits per heavy atom. The molecule has 1 aliphatic carbocycles. The molecule has 5 heteroatoms. The molecule has 0 saturated carbocycles. The van der Waals surface area contributed by atoms with E-state index in [9.17, 15) is 0 Å². The van der Waals surface area contributed by atoms with Crippen LogP contribution in [0.3, 0.4) is 0 Å². The van der Waals surface area contributed by atoms with Gasteiger partial charge in [0.05, 0.1) is 6.04 Å². The molecule has 16 heavy (non-hydrogen) atoms. The van der Waals surface area contributed by atoms with Crippen molar-refractivity contribution >= 4 is 27.8 Å². The predicted molar refractivity (Wildman–Crippen MR) is 68.3 cm³/mol. The largest absolute Gasteiger partial charge is 0.353 e. The number of hydrogen-bond donors (Lipinski definition) is 1. The molecular weight excluding hydrogens is 238 g/mol. The third-order valence-corrected chi connectivity index (χ3v) is 4.64. The van der Waals surface area contributed by atoms with Crippen LogP contribution in [0.15, 0.2) is 11.4 Å². The fourth-order valence-corrected chi connectivity index (χ4v) is 3.77. The van der Waals surface area contributed by atoms with Gasteiger partial charge in [0.25, 0.3) is 0 Å². The van der Waals surface area contributed by atoms with Crippen LogP contribution in [0.1, 0.15) is 34.3 Å². The number of thiophene rings is 1. The molecule has 3 nitrogen and oxygen atoms in total. The highest BCUT2D eigenvalue weighted by Crippen LogP contribution is 2.35. The van der Waals surface area contributed by atoms with Crippen LogP contribution >= 0.6 is 22.7 Å². The first kappa shape index (κ1) is 10.2. The highest BCUT2D eigenvalue weighted by Gasteiger charge is 2.21. The van der Waals surface area contributed by atoms with Gasteiger partial charge in [-0.15, -0.1) is 21.5 Å². The zero-order chi connectivity index (χ0) is 11.0. The van der Waals surface area contributed by atoms with Gasteiger partial charge in [-0.2, -0.15) is 0 Å². The average Bonchev–Trinajstić information content (AvgIpc) is 2.87. The Hall–Kier alpha value is -0.940. The molecule has 0 fully saturated rings. The van der Waals surface area contributed by atoms with Crippen LogP contribution in [-0.4, -0.2) is 10.2 Å². The van der Waals surface area contributed by atoms with Gasteiger partial charge in [0.1, 0.15) is 5.01 Å². The van der Waals surface area contributed by atoms with Crippen LogP contribution < -0.4 is 5.32 Å². The van der Waals surface area contributed by atoms with Gasteiger partial charge in [-0.3, -0.25) is 0 Å². The molecule has 2 heterocycles. The highest BCUT2D eigenvalue weighted by molar-refractivity contribution is 7.15. The Labute approximate surface area is 103 Å². The van der Waals surface area contributed by atoms with Gasteiger partial charge < -0.3 is 5.32 Å². The minimum absolute atomic E-state index is 0.433. The van der Waals surface area contributed by atoms with Crippen molar-refractivity contribution in [1.29, 1.82) is 0 Å². The van der Waals surface area contributed by atoms with Gasteiger partial charge in [-0.1, -0.05) is 11.3 Å². The maximum atomic E-state index is 4.13. The number of nitrogens with zero attached hydrogens (tertiary/aromatic N) is 2. The molecule has 0 radical (unpaired) electrons. The van der Waals surface area contributed by atoms with Crippen molar-refractivity contribution in [3.8, 4) is 0 Å². The summed E-state index contributed by atoms with van der Waals surface area (Å²) in [5.41, 5.74) is 1.46. The molecule has 0 aliphatic heterocycles. The van der Waals surface area contributed by atoms with E-state index in [1.165, 1.54) is 29.7 Å². The minimum atomic E-state index is 0.433. The Morgan fingerprint density at radius 3 is 3.19 bits per heavy atom. The molecule has 0 spiro atoms. The quantitative estimate of drug-likeness (QED) is 0.889.